The quantitative estimate of drug-likeness (QED) is 0.424. The van der Waals surface area contributed by atoms with Crippen LogP contribution in [0.5, 0.6) is 0 Å². The molecule has 1 unspecified atom stereocenters. The molecular formula is C20H22N2O4. The fourth-order valence-electron chi connectivity index (χ4n) is 2.67. The van der Waals surface area contributed by atoms with Crippen molar-refractivity contribution in [3.63, 3.8) is 0 Å². The Morgan fingerprint density at radius 1 is 0.923 bits per heavy atom. The Balaban J connectivity index is 2.73. The molecule has 0 amide bonds. The van der Waals surface area contributed by atoms with E-state index in [0.717, 1.165) is 0 Å². The third-order valence-corrected chi connectivity index (χ3v) is 3.58. The van der Waals surface area contributed by atoms with Gasteiger partial charge in [-0.2, -0.15) is 10.2 Å². The van der Waals surface area contributed by atoms with Crippen molar-refractivity contribution in [1.82, 2.24) is 0 Å². The van der Waals surface area contributed by atoms with Gasteiger partial charge < -0.3 is 9.47 Å². The van der Waals surface area contributed by atoms with Gasteiger partial charge in [0.15, 0.2) is 6.04 Å². The Morgan fingerprint density at radius 3 is 1.88 bits per heavy atom. The number of azo groups is 1. The molecular weight excluding hydrogens is 332 g/mol. The van der Waals surface area contributed by atoms with Crippen molar-refractivity contribution in [3.05, 3.63) is 71.8 Å². The van der Waals surface area contributed by atoms with Crippen LogP contribution in [0.1, 0.15) is 37.9 Å². The van der Waals surface area contributed by atoms with E-state index in [2.05, 4.69) is 10.2 Å². The van der Waals surface area contributed by atoms with Crippen molar-refractivity contribution in [2.75, 3.05) is 6.54 Å². The minimum Gasteiger partial charge on any atom is -0.415 e. The molecule has 0 fully saturated rings. The Bertz CT molecular complexity index is 744. The number of nitrogens with zero attached hydrogens (tertiary/aromatic N) is 2. The van der Waals surface area contributed by atoms with E-state index in [4.69, 9.17) is 9.47 Å². The molecule has 0 N–H and O–H groups in total. The molecule has 0 saturated carbocycles. The van der Waals surface area contributed by atoms with Gasteiger partial charge in [-0.25, -0.2) is 0 Å². The van der Waals surface area contributed by atoms with Crippen LogP contribution in [0, 0.1) is 0 Å². The van der Waals surface area contributed by atoms with Crippen molar-refractivity contribution in [1.29, 1.82) is 0 Å². The first-order valence-electron chi connectivity index (χ1n) is 8.35. The molecule has 2 aromatic carbocycles. The van der Waals surface area contributed by atoms with E-state index in [1.807, 2.05) is 43.3 Å². The lowest BCUT2D eigenvalue weighted by Gasteiger charge is -2.36. The number of ether oxygens (including phenoxy) is 2. The summed E-state index contributed by atoms with van der Waals surface area (Å²) in [5.74, 6) is -2.94. The smallest absolute Gasteiger partial charge is 0.311 e. The maximum atomic E-state index is 11.9. The first-order valence-corrected chi connectivity index (χ1v) is 8.35. The van der Waals surface area contributed by atoms with Gasteiger partial charge in [-0.05, 0) is 12.5 Å². The third kappa shape index (κ3) is 4.53. The van der Waals surface area contributed by atoms with Gasteiger partial charge in [-0.1, -0.05) is 60.7 Å². The van der Waals surface area contributed by atoms with Crippen molar-refractivity contribution >= 4 is 11.9 Å². The number of hydrogen-bond acceptors (Lipinski definition) is 6. The van der Waals surface area contributed by atoms with Crippen LogP contribution in [0.2, 0.25) is 0 Å². The van der Waals surface area contributed by atoms with E-state index in [1.54, 1.807) is 24.3 Å². The Labute approximate surface area is 152 Å². The zero-order valence-corrected chi connectivity index (χ0v) is 15.1. The van der Waals surface area contributed by atoms with Crippen LogP contribution in [-0.2, 0) is 24.8 Å². The Kier molecular flexibility index (Phi) is 6.60. The lowest BCUT2D eigenvalue weighted by molar-refractivity contribution is -0.241. The zero-order chi connectivity index (χ0) is 19.0. The molecule has 0 aliphatic rings. The van der Waals surface area contributed by atoms with Gasteiger partial charge in [0.25, 0.3) is 0 Å². The summed E-state index contributed by atoms with van der Waals surface area (Å²) in [6.07, 6.45) is 0. The minimum absolute atomic E-state index is 0.439. The van der Waals surface area contributed by atoms with E-state index >= 15 is 0 Å². The van der Waals surface area contributed by atoms with Gasteiger partial charge in [-0.3, -0.25) is 9.59 Å². The fourth-order valence-corrected chi connectivity index (χ4v) is 2.67. The van der Waals surface area contributed by atoms with Crippen molar-refractivity contribution in [2.24, 2.45) is 10.2 Å². The topological polar surface area (TPSA) is 77.3 Å². The molecule has 0 spiro atoms. The fraction of sp³-hybridized carbons (Fsp3) is 0.300. The second kappa shape index (κ2) is 8.89. The average molecular weight is 354 g/mol. The summed E-state index contributed by atoms with van der Waals surface area (Å²) in [7, 11) is 0. The Morgan fingerprint density at radius 2 is 1.42 bits per heavy atom. The summed E-state index contributed by atoms with van der Waals surface area (Å²) < 4.78 is 11.2. The van der Waals surface area contributed by atoms with Gasteiger partial charge in [0, 0.05) is 19.4 Å². The van der Waals surface area contributed by atoms with Gasteiger partial charge in [0.2, 0.25) is 0 Å². The number of carbonyl (C=O) groups is 2. The molecule has 0 bridgehead atoms. The third-order valence-electron chi connectivity index (χ3n) is 3.58. The highest BCUT2D eigenvalue weighted by atomic mass is 16.7. The average Bonchev–Trinajstić information content (AvgIpc) is 2.62. The van der Waals surface area contributed by atoms with E-state index in [9.17, 15) is 9.59 Å². The molecule has 136 valence electrons. The van der Waals surface area contributed by atoms with Gasteiger partial charge in [0.05, 0.1) is 6.54 Å². The van der Waals surface area contributed by atoms with E-state index < -0.39 is 23.8 Å². The second-order valence-electron chi connectivity index (χ2n) is 5.61. The Hall–Kier alpha value is -3.02. The summed E-state index contributed by atoms with van der Waals surface area (Å²) >= 11 is 0. The highest BCUT2D eigenvalue weighted by Crippen LogP contribution is 2.43. The van der Waals surface area contributed by atoms with Gasteiger partial charge in [0.1, 0.15) is 0 Å². The lowest BCUT2D eigenvalue weighted by atomic mass is 9.92. The summed E-state index contributed by atoms with van der Waals surface area (Å²) in [4.78, 5) is 23.9. The van der Waals surface area contributed by atoms with Crippen LogP contribution in [0.3, 0.4) is 0 Å². The molecule has 1 atom stereocenters. The number of esters is 2. The molecule has 0 heterocycles. The van der Waals surface area contributed by atoms with Gasteiger partial charge >= 0.3 is 17.7 Å². The zero-order valence-electron chi connectivity index (χ0n) is 15.1. The highest BCUT2D eigenvalue weighted by molar-refractivity contribution is 5.69. The molecule has 0 aromatic heterocycles. The van der Waals surface area contributed by atoms with Crippen LogP contribution < -0.4 is 0 Å². The number of benzene rings is 2. The van der Waals surface area contributed by atoms with Crippen molar-refractivity contribution in [2.45, 2.75) is 32.6 Å². The molecule has 0 aliphatic carbocycles. The summed E-state index contributed by atoms with van der Waals surface area (Å²) in [5, 5.41) is 8.43. The van der Waals surface area contributed by atoms with Crippen molar-refractivity contribution in [3.8, 4) is 0 Å². The van der Waals surface area contributed by atoms with Crippen LogP contribution in [0.4, 0.5) is 0 Å². The maximum absolute atomic E-state index is 11.9. The number of hydrogen-bond donors (Lipinski definition) is 0. The summed E-state index contributed by atoms with van der Waals surface area (Å²) in [5.41, 5.74) is 1.20. The summed E-state index contributed by atoms with van der Waals surface area (Å²) in [6.45, 7) is 4.81. The molecule has 26 heavy (non-hydrogen) atoms. The minimum atomic E-state index is -1.75. The largest absolute Gasteiger partial charge is 0.415 e. The molecule has 6 heteroatoms. The predicted molar refractivity (Wildman–Crippen MR) is 96.2 cm³/mol. The molecule has 6 nitrogen and oxygen atoms in total. The maximum Gasteiger partial charge on any atom is 0.311 e. The van der Waals surface area contributed by atoms with E-state index in [0.29, 0.717) is 17.7 Å². The highest BCUT2D eigenvalue weighted by Gasteiger charge is 2.49. The monoisotopic (exact) mass is 354 g/mol. The molecule has 0 radical (unpaired) electrons. The predicted octanol–water partition coefficient (Wildman–Crippen LogP) is 4.18. The van der Waals surface area contributed by atoms with Crippen LogP contribution in [0.15, 0.2) is 70.9 Å². The van der Waals surface area contributed by atoms with E-state index in [-0.39, 0.29) is 0 Å². The molecule has 2 aromatic rings. The van der Waals surface area contributed by atoms with E-state index in [1.165, 1.54) is 13.8 Å². The van der Waals surface area contributed by atoms with Crippen LogP contribution >= 0.6 is 0 Å². The second-order valence-corrected chi connectivity index (χ2v) is 5.61. The standard InChI is InChI=1S/C20H22N2O4/c1-4-21-22-19(17-11-7-5-8-12-17)20(25-15(2)23,26-16(3)24)18-13-9-6-10-14-18/h5-14,19H,4H2,1-3H3. The first kappa shape index (κ1) is 19.3. The van der Waals surface area contributed by atoms with Crippen molar-refractivity contribution < 1.29 is 19.1 Å². The molecule has 2 rings (SSSR count). The van der Waals surface area contributed by atoms with Crippen LogP contribution in [-0.4, -0.2) is 18.5 Å². The van der Waals surface area contributed by atoms with Gasteiger partial charge in [-0.15, -0.1) is 0 Å². The number of rotatable bonds is 7. The first-order chi connectivity index (χ1) is 12.5. The SMILES string of the molecule is CCN=NC(c1ccccc1)C(OC(C)=O)(OC(C)=O)c1ccccc1. The normalized spacial score (nSPS) is 12.6. The summed E-state index contributed by atoms with van der Waals surface area (Å²) in [6, 6.07) is 17.1. The number of carbonyl (C=O) groups excluding carboxylic acids is 2. The lowest BCUT2D eigenvalue weighted by Crippen LogP contribution is -2.41. The van der Waals surface area contributed by atoms with Crippen LogP contribution in [0.25, 0.3) is 0 Å². The molecule has 0 saturated heterocycles. The molecule has 0 aliphatic heterocycles.